The van der Waals surface area contributed by atoms with Gasteiger partial charge in [0.25, 0.3) is 10.9 Å². The molecule has 0 amide bonds. The van der Waals surface area contributed by atoms with Gasteiger partial charge < -0.3 is 15.0 Å². The molecule has 0 spiro atoms. The maximum Gasteiger partial charge on any atom is 0.309 e. The molecular weight excluding hydrogens is 344 g/mol. The Bertz CT molecular complexity index is 875. The molecule has 6 nitrogen and oxygen atoms in total. The summed E-state index contributed by atoms with van der Waals surface area (Å²) in [5, 5.41) is 3.14. The molecule has 144 valence electrons. The van der Waals surface area contributed by atoms with Crippen LogP contribution in [0.5, 0.6) is 0 Å². The van der Waals surface area contributed by atoms with Crippen LogP contribution in [0.3, 0.4) is 0 Å². The standard InChI is InChI=1S/C21H26N2O4/c1-3-27-21(26)16-8-11-23(12-9-16)18-17(19(24)20(18)25)22-10-7-15-6-4-5-14(2)13-15/h4-6,13,16,22H,3,7-12H2,1-2H3. The molecule has 0 atom stereocenters. The zero-order valence-electron chi connectivity index (χ0n) is 15.9. The maximum atomic E-state index is 12.1. The van der Waals surface area contributed by atoms with Gasteiger partial charge in [0.15, 0.2) is 0 Å². The van der Waals surface area contributed by atoms with E-state index >= 15 is 0 Å². The highest BCUT2D eigenvalue weighted by molar-refractivity contribution is 5.76. The van der Waals surface area contributed by atoms with Crippen molar-refractivity contribution >= 4 is 17.3 Å². The number of piperidine rings is 1. The van der Waals surface area contributed by atoms with Gasteiger partial charge in [-0.1, -0.05) is 29.8 Å². The molecule has 0 radical (unpaired) electrons. The second-order valence-corrected chi connectivity index (χ2v) is 7.06. The minimum Gasteiger partial charge on any atom is -0.466 e. The number of esters is 1. The molecule has 1 heterocycles. The van der Waals surface area contributed by atoms with E-state index in [1.165, 1.54) is 11.1 Å². The lowest BCUT2D eigenvalue weighted by atomic mass is 9.96. The summed E-state index contributed by atoms with van der Waals surface area (Å²) < 4.78 is 5.08. The molecule has 1 aliphatic heterocycles. The van der Waals surface area contributed by atoms with Crippen LogP contribution in [-0.4, -0.2) is 32.2 Å². The third-order valence-electron chi connectivity index (χ3n) is 5.11. The van der Waals surface area contributed by atoms with Gasteiger partial charge in [-0.05, 0) is 38.7 Å². The van der Waals surface area contributed by atoms with E-state index in [0.717, 1.165) is 6.42 Å². The van der Waals surface area contributed by atoms with Gasteiger partial charge in [0.2, 0.25) is 0 Å². The summed E-state index contributed by atoms with van der Waals surface area (Å²) in [5.74, 6) is -0.288. The molecule has 0 bridgehead atoms. The molecule has 1 saturated heterocycles. The van der Waals surface area contributed by atoms with Crippen molar-refractivity contribution in [1.29, 1.82) is 0 Å². The van der Waals surface area contributed by atoms with Crippen molar-refractivity contribution in [1.82, 2.24) is 0 Å². The van der Waals surface area contributed by atoms with E-state index in [1.54, 1.807) is 6.92 Å². The van der Waals surface area contributed by atoms with Crippen molar-refractivity contribution in [3.8, 4) is 0 Å². The SMILES string of the molecule is CCOC(=O)C1CCN(c2c(NCCc3cccc(C)c3)c(=O)c2=O)CC1. The lowest BCUT2D eigenvalue weighted by molar-refractivity contribution is -0.148. The number of anilines is 2. The van der Waals surface area contributed by atoms with Gasteiger partial charge in [0.05, 0.1) is 12.5 Å². The highest BCUT2D eigenvalue weighted by atomic mass is 16.5. The highest BCUT2D eigenvalue weighted by Crippen LogP contribution is 2.27. The van der Waals surface area contributed by atoms with Crippen molar-refractivity contribution in [3.05, 3.63) is 55.8 Å². The molecule has 1 aliphatic rings. The average Bonchev–Trinajstić information content (AvgIpc) is 2.67. The van der Waals surface area contributed by atoms with Crippen LogP contribution < -0.4 is 21.1 Å². The molecule has 1 N–H and O–H groups in total. The summed E-state index contributed by atoms with van der Waals surface area (Å²) in [4.78, 5) is 37.9. The number of nitrogens with one attached hydrogen (secondary N) is 1. The lowest BCUT2D eigenvalue weighted by Crippen LogP contribution is -2.46. The normalized spacial score (nSPS) is 15.1. The number of carbonyl (C=O) groups excluding carboxylic acids is 1. The van der Waals surface area contributed by atoms with E-state index in [0.29, 0.717) is 50.5 Å². The minimum absolute atomic E-state index is 0.120. The van der Waals surface area contributed by atoms with Gasteiger partial charge in [-0.25, -0.2) is 0 Å². The van der Waals surface area contributed by atoms with Gasteiger partial charge in [-0.15, -0.1) is 0 Å². The molecule has 0 saturated carbocycles. The van der Waals surface area contributed by atoms with E-state index in [4.69, 9.17) is 4.74 Å². The summed E-state index contributed by atoms with van der Waals surface area (Å²) >= 11 is 0. The Balaban J connectivity index is 1.58. The van der Waals surface area contributed by atoms with Crippen LogP contribution >= 0.6 is 0 Å². The Hall–Kier alpha value is -2.63. The average molecular weight is 370 g/mol. The minimum atomic E-state index is -0.443. The van der Waals surface area contributed by atoms with E-state index in [1.807, 2.05) is 24.0 Å². The Morgan fingerprint density at radius 3 is 2.63 bits per heavy atom. The summed E-state index contributed by atoms with van der Waals surface area (Å²) in [7, 11) is 0. The number of benzene rings is 1. The topological polar surface area (TPSA) is 75.7 Å². The zero-order valence-corrected chi connectivity index (χ0v) is 15.9. The molecule has 2 aromatic carbocycles. The fourth-order valence-corrected chi connectivity index (χ4v) is 3.64. The van der Waals surface area contributed by atoms with Gasteiger partial charge in [-0.3, -0.25) is 14.4 Å². The fourth-order valence-electron chi connectivity index (χ4n) is 3.64. The molecule has 2 aromatic rings. The van der Waals surface area contributed by atoms with Gasteiger partial charge in [-0.2, -0.15) is 0 Å². The van der Waals surface area contributed by atoms with Crippen molar-refractivity contribution in [2.75, 3.05) is 36.5 Å². The van der Waals surface area contributed by atoms with Gasteiger partial charge >= 0.3 is 5.97 Å². The molecule has 6 heteroatoms. The predicted octanol–water partition coefficient (Wildman–Crippen LogP) is 2.03. The van der Waals surface area contributed by atoms with Gasteiger partial charge in [0, 0.05) is 19.6 Å². The third-order valence-corrected chi connectivity index (χ3v) is 5.11. The number of aryl methyl sites for hydroxylation is 1. The Labute approximate surface area is 158 Å². The number of hydrogen-bond acceptors (Lipinski definition) is 6. The molecule has 0 aliphatic carbocycles. The molecular formula is C21H26N2O4. The van der Waals surface area contributed by atoms with Crippen LogP contribution in [0.2, 0.25) is 0 Å². The number of carbonyl (C=O) groups is 1. The van der Waals surface area contributed by atoms with Crippen molar-refractivity contribution in [2.24, 2.45) is 5.92 Å². The van der Waals surface area contributed by atoms with Crippen LogP contribution in [0.25, 0.3) is 0 Å². The number of nitrogens with zero attached hydrogens (tertiary/aromatic N) is 1. The summed E-state index contributed by atoms with van der Waals surface area (Å²) in [5.41, 5.74) is 2.42. The van der Waals surface area contributed by atoms with E-state index < -0.39 is 10.9 Å². The maximum absolute atomic E-state index is 12.1. The third kappa shape index (κ3) is 4.21. The zero-order chi connectivity index (χ0) is 19.4. The van der Waals surface area contributed by atoms with Crippen LogP contribution in [0, 0.1) is 12.8 Å². The monoisotopic (exact) mass is 370 g/mol. The van der Waals surface area contributed by atoms with Gasteiger partial charge in [0.1, 0.15) is 11.4 Å². The first-order valence-electron chi connectivity index (χ1n) is 9.55. The smallest absolute Gasteiger partial charge is 0.309 e. The van der Waals surface area contributed by atoms with Crippen molar-refractivity contribution in [2.45, 2.75) is 33.1 Å². The molecule has 0 aromatic heterocycles. The summed E-state index contributed by atoms with van der Waals surface area (Å²) in [6, 6.07) is 8.23. The second-order valence-electron chi connectivity index (χ2n) is 7.06. The number of rotatable bonds is 7. The van der Waals surface area contributed by atoms with Crippen LogP contribution in [0.1, 0.15) is 30.9 Å². The van der Waals surface area contributed by atoms with E-state index in [9.17, 15) is 14.4 Å². The molecule has 3 rings (SSSR count). The van der Waals surface area contributed by atoms with Crippen LogP contribution in [0.4, 0.5) is 11.4 Å². The first-order chi connectivity index (χ1) is 13.0. The van der Waals surface area contributed by atoms with E-state index in [2.05, 4.69) is 17.4 Å². The van der Waals surface area contributed by atoms with Crippen LogP contribution in [-0.2, 0) is 16.0 Å². The lowest BCUT2D eigenvalue weighted by Gasteiger charge is -2.34. The molecule has 27 heavy (non-hydrogen) atoms. The Morgan fingerprint density at radius 1 is 1.22 bits per heavy atom. The Morgan fingerprint density at radius 2 is 1.96 bits per heavy atom. The number of hydrogen-bond donors (Lipinski definition) is 1. The largest absolute Gasteiger partial charge is 0.466 e. The van der Waals surface area contributed by atoms with Crippen molar-refractivity contribution in [3.63, 3.8) is 0 Å². The van der Waals surface area contributed by atoms with Crippen LogP contribution in [0.15, 0.2) is 33.9 Å². The molecule has 0 unspecified atom stereocenters. The summed E-state index contributed by atoms with van der Waals surface area (Å²) in [6.45, 7) is 5.99. The number of ether oxygens (including phenoxy) is 1. The first-order valence-corrected chi connectivity index (χ1v) is 9.55. The fraction of sp³-hybridized carbons (Fsp3) is 0.476. The van der Waals surface area contributed by atoms with Crippen molar-refractivity contribution < 1.29 is 9.53 Å². The first kappa shape index (κ1) is 19.1. The van der Waals surface area contributed by atoms with E-state index in [-0.39, 0.29) is 11.9 Å². The quantitative estimate of drug-likeness (QED) is 0.594. The highest BCUT2D eigenvalue weighted by Gasteiger charge is 2.31. The predicted molar refractivity (Wildman–Crippen MR) is 106 cm³/mol. The summed E-state index contributed by atoms with van der Waals surface area (Å²) in [6.07, 6.45) is 2.06. The second kappa shape index (κ2) is 8.37. The Kier molecular flexibility index (Phi) is 5.94. The molecule has 1 fully saturated rings.